The highest BCUT2D eigenvalue weighted by Gasteiger charge is 2.12. The van der Waals surface area contributed by atoms with Crippen molar-refractivity contribution in [3.05, 3.63) is 76.3 Å². The molecule has 0 fully saturated rings. The molecular weight excluding hydrogens is 316 g/mol. The van der Waals surface area contributed by atoms with Crippen LogP contribution in [0, 0.1) is 13.8 Å². The fourth-order valence-electron chi connectivity index (χ4n) is 2.54. The number of carbonyl (C=O) groups excluding carboxylic acids is 1. The summed E-state index contributed by atoms with van der Waals surface area (Å²) >= 11 is 1.65. The number of nitrogens with one attached hydrogen (secondary N) is 1. The Bertz CT molecular complexity index is 840. The smallest absolute Gasteiger partial charge is 0.224 e. The Kier molecular flexibility index (Phi) is 5.06. The summed E-state index contributed by atoms with van der Waals surface area (Å²) in [6, 6.07) is 18.0. The van der Waals surface area contributed by atoms with Gasteiger partial charge in [0.15, 0.2) is 0 Å². The zero-order valence-electron chi connectivity index (χ0n) is 13.9. The van der Waals surface area contributed by atoms with E-state index < -0.39 is 0 Å². The lowest BCUT2D eigenvalue weighted by molar-refractivity contribution is -0.120. The quantitative estimate of drug-likeness (QED) is 0.755. The number of hydrogen-bond donors (Lipinski definition) is 1. The molecule has 0 aliphatic rings. The van der Waals surface area contributed by atoms with Crippen molar-refractivity contribution in [3.8, 4) is 10.6 Å². The molecule has 0 atom stereocenters. The van der Waals surface area contributed by atoms with Crippen LogP contribution in [0.4, 0.5) is 0 Å². The van der Waals surface area contributed by atoms with Gasteiger partial charge in [-0.05, 0) is 25.0 Å². The Balaban J connectivity index is 1.66. The van der Waals surface area contributed by atoms with Crippen molar-refractivity contribution in [2.45, 2.75) is 26.8 Å². The van der Waals surface area contributed by atoms with Gasteiger partial charge in [-0.1, -0.05) is 54.6 Å². The molecule has 0 bridgehead atoms. The first-order valence-corrected chi connectivity index (χ1v) is 8.78. The van der Waals surface area contributed by atoms with E-state index in [0.717, 1.165) is 26.7 Å². The van der Waals surface area contributed by atoms with E-state index in [1.807, 2.05) is 49.4 Å². The molecule has 1 amide bonds. The first kappa shape index (κ1) is 16.4. The SMILES string of the molecule is Cc1ccccc1-c1nc(C)c(CNC(=O)Cc2ccccc2)s1. The van der Waals surface area contributed by atoms with Crippen LogP contribution in [0.25, 0.3) is 10.6 Å². The number of thiazole rings is 1. The molecule has 0 saturated carbocycles. The van der Waals surface area contributed by atoms with Crippen LogP contribution in [0.1, 0.15) is 21.7 Å². The van der Waals surface area contributed by atoms with Gasteiger partial charge in [0, 0.05) is 10.4 Å². The summed E-state index contributed by atoms with van der Waals surface area (Å²) in [6.07, 6.45) is 0.406. The lowest BCUT2D eigenvalue weighted by Gasteiger charge is -2.04. The Morgan fingerprint density at radius 3 is 2.50 bits per heavy atom. The van der Waals surface area contributed by atoms with Crippen molar-refractivity contribution in [2.24, 2.45) is 0 Å². The number of aromatic nitrogens is 1. The molecule has 3 aromatic rings. The molecule has 2 aromatic carbocycles. The Morgan fingerprint density at radius 2 is 1.75 bits per heavy atom. The van der Waals surface area contributed by atoms with Gasteiger partial charge in [-0.2, -0.15) is 0 Å². The number of hydrogen-bond acceptors (Lipinski definition) is 3. The van der Waals surface area contributed by atoms with Crippen LogP contribution in [0.2, 0.25) is 0 Å². The third-order valence-corrected chi connectivity index (χ3v) is 5.11. The van der Waals surface area contributed by atoms with E-state index in [9.17, 15) is 4.79 Å². The number of benzene rings is 2. The maximum atomic E-state index is 12.1. The van der Waals surface area contributed by atoms with Gasteiger partial charge in [0.1, 0.15) is 5.01 Å². The highest BCUT2D eigenvalue weighted by atomic mass is 32.1. The minimum atomic E-state index is 0.0337. The van der Waals surface area contributed by atoms with Crippen molar-refractivity contribution in [1.82, 2.24) is 10.3 Å². The monoisotopic (exact) mass is 336 g/mol. The van der Waals surface area contributed by atoms with Crippen LogP contribution in [0.15, 0.2) is 54.6 Å². The number of amides is 1. The summed E-state index contributed by atoms with van der Waals surface area (Å²) in [4.78, 5) is 17.9. The highest BCUT2D eigenvalue weighted by Crippen LogP contribution is 2.29. The molecule has 3 nitrogen and oxygen atoms in total. The van der Waals surface area contributed by atoms with Crippen LogP contribution >= 0.6 is 11.3 Å². The second kappa shape index (κ2) is 7.41. The summed E-state index contributed by atoms with van der Waals surface area (Å²) in [5.74, 6) is 0.0337. The van der Waals surface area contributed by atoms with Gasteiger partial charge in [-0.15, -0.1) is 11.3 Å². The van der Waals surface area contributed by atoms with E-state index in [2.05, 4.69) is 29.4 Å². The van der Waals surface area contributed by atoms with Crippen LogP contribution in [0.3, 0.4) is 0 Å². The lowest BCUT2D eigenvalue weighted by atomic mass is 10.1. The predicted molar refractivity (Wildman–Crippen MR) is 99.0 cm³/mol. The van der Waals surface area contributed by atoms with Crippen molar-refractivity contribution >= 4 is 17.2 Å². The lowest BCUT2D eigenvalue weighted by Crippen LogP contribution is -2.24. The third kappa shape index (κ3) is 3.89. The van der Waals surface area contributed by atoms with Crippen molar-refractivity contribution in [3.63, 3.8) is 0 Å². The van der Waals surface area contributed by atoms with Gasteiger partial charge >= 0.3 is 0 Å². The molecule has 0 aliphatic carbocycles. The molecule has 4 heteroatoms. The second-order valence-corrected chi connectivity index (χ2v) is 6.87. The van der Waals surface area contributed by atoms with Gasteiger partial charge in [-0.3, -0.25) is 4.79 Å². The molecule has 0 radical (unpaired) electrons. The highest BCUT2D eigenvalue weighted by molar-refractivity contribution is 7.15. The normalized spacial score (nSPS) is 10.6. The van der Waals surface area contributed by atoms with Crippen LogP contribution in [-0.4, -0.2) is 10.9 Å². The predicted octanol–water partition coefficient (Wildman–Crippen LogP) is 4.29. The van der Waals surface area contributed by atoms with Gasteiger partial charge in [0.2, 0.25) is 5.91 Å². The molecule has 0 spiro atoms. The Morgan fingerprint density at radius 1 is 1.04 bits per heavy atom. The van der Waals surface area contributed by atoms with E-state index in [-0.39, 0.29) is 5.91 Å². The van der Waals surface area contributed by atoms with Crippen LogP contribution in [-0.2, 0) is 17.8 Å². The largest absolute Gasteiger partial charge is 0.351 e. The molecular formula is C20H20N2OS. The molecule has 1 N–H and O–H groups in total. The minimum absolute atomic E-state index is 0.0337. The first-order chi connectivity index (χ1) is 11.6. The van der Waals surface area contributed by atoms with Crippen molar-refractivity contribution in [2.75, 3.05) is 0 Å². The summed E-state index contributed by atoms with van der Waals surface area (Å²) in [7, 11) is 0. The third-order valence-electron chi connectivity index (χ3n) is 3.92. The summed E-state index contributed by atoms with van der Waals surface area (Å²) in [5, 5.41) is 4.01. The standard InChI is InChI=1S/C20H20N2OS/c1-14-8-6-7-11-17(14)20-22-15(2)18(24-20)13-21-19(23)12-16-9-4-3-5-10-16/h3-11H,12-13H2,1-2H3,(H,21,23). The summed E-state index contributed by atoms with van der Waals surface area (Å²) in [5.41, 5.74) is 4.38. The maximum absolute atomic E-state index is 12.1. The molecule has 3 rings (SSSR count). The summed E-state index contributed by atoms with van der Waals surface area (Å²) in [6.45, 7) is 4.62. The van der Waals surface area contributed by atoms with E-state index >= 15 is 0 Å². The van der Waals surface area contributed by atoms with Gasteiger partial charge in [0.05, 0.1) is 18.7 Å². The van der Waals surface area contributed by atoms with E-state index in [4.69, 9.17) is 0 Å². The molecule has 1 aromatic heterocycles. The van der Waals surface area contributed by atoms with Gasteiger partial charge in [-0.25, -0.2) is 4.98 Å². The van der Waals surface area contributed by atoms with Crippen LogP contribution < -0.4 is 5.32 Å². The molecule has 0 aliphatic heterocycles. The average molecular weight is 336 g/mol. The molecule has 0 saturated heterocycles. The molecule has 1 heterocycles. The van der Waals surface area contributed by atoms with Crippen LogP contribution in [0.5, 0.6) is 0 Å². The zero-order valence-corrected chi connectivity index (χ0v) is 14.7. The molecule has 0 unspecified atom stereocenters. The Hall–Kier alpha value is -2.46. The number of carbonyl (C=O) groups is 1. The topological polar surface area (TPSA) is 42.0 Å². The zero-order chi connectivity index (χ0) is 16.9. The average Bonchev–Trinajstić information content (AvgIpc) is 2.95. The molecule has 122 valence electrons. The fourth-order valence-corrected chi connectivity index (χ4v) is 3.64. The Labute approximate surface area is 146 Å². The molecule has 24 heavy (non-hydrogen) atoms. The van der Waals surface area contributed by atoms with Gasteiger partial charge in [0.25, 0.3) is 0 Å². The first-order valence-electron chi connectivity index (χ1n) is 7.96. The summed E-state index contributed by atoms with van der Waals surface area (Å²) < 4.78 is 0. The fraction of sp³-hybridized carbons (Fsp3) is 0.200. The minimum Gasteiger partial charge on any atom is -0.351 e. The van der Waals surface area contributed by atoms with Gasteiger partial charge < -0.3 is 5.32 Å². The van der Waals surface area contributed by atoms with E-state index in [1.165, 1.54) is 5.56 Å². The van der Waals surface area contributed by atoms with Crippen molar-refractivity contribution in [1.29, 1.82) is 0 Å². The number of aryl methyl sites for hydroxylation is 2. The second-order valence-electron chi connectivity index (χ2n) is 5.78. The maximum Gasteiger partial charge on any atom is 0.224 e. The number of nitrogens with zero attached hydrogens (tertiary/aromatic N) is 1. The van der Waals surface area contributed by atoms with Crippen molar-refractivity contribution < 1.29 is 4.79 Å². The van der Waals surface area contributed by atoms with E-state index in [0.29, 0.717) is 13.0 Å². The number of rotatable bonds is 5. The van der Waals surface area contributed by atoms with E-state index in [1.54, 1.807) is 11.3 Å².